The van der Waals surface area contributed by atoms with Crippen LogP contribution in [0, 0.1) is 11.3 Å². The minimum atomic E-state index is -0.356. The number of nitrogens with one attached hydrogen (secondary N) is 1. The van der Waals surface area contributed by atoms with Gasteiger partial charge in [0.2, 0.25) is 5.91 Å². The molecule has 132 valence electrons. The summed E-state index contributed by atoms with van der Waals surface area (Å²) in [5.74, 6) is -0.532. The fraction of sp³-hybridized carbons (Fsp3) is 0.529. The molecule has 24 heavy (non-hydrogen) atoms. The molecule has 0 radical (unpaired) electrons. The van der Waals surface area contributed by atoms with Crippen LogP contribution in [-0.4, -0.2) is 53.3 Å². The van der Waals surface area contributed by atoms with Crippen molar-refractivity contribution in [3.8, 4) is 6.07 Å². The van der Waals surface area contributed by atoms with Crippen LogP contribution in [0.3, 0.4) is 0 Å². The first-order chi connectivity index (χ1) is 11.6. The molecule has 1 fully saturated rings. The van der Waals surface area contributed by atoms with Crippen molar-refractivity contribution in [3.63, 3.8) is 0 Å². The first kappa shape index (κ1) is 21.9. The molecule has 1 aliphatic rings. The van der Waals surface area contributed by atoms with E-state index in [0.29, 0.717) is 18.5 Å². The molecule has 6 nitrogen and oxygen atoms in total. The Morgan fingerprint density at radius 2 is 1.96 bits per heavy atom. The predicted octanol–water partition coefficient (Wildman–Crippen LogP) is 2.33. The molecule has 1 aromatic heterocycles. The van der Waals surface area contributed by atoms with Gasteiger partial charge in [-0.05, 0) is 37.5 Å². The van der Waals surface area contributed by atoms with Crippen molar-refractivity contribution in [2.24, 2.45) is 0 Å². The molecule has 2 rings (SSSR count). The number of nitriles is 1. The normalized spacial score (nSPS) is 15.1. The lowest BCUT2D eigenvalue weighted by atomic mass is 10.2. The molecule has 1 aromatic rings. The van der Waals surface area contributed by atoms with Crippen molar-refractivity contribution in [3.05, 3.63) is 30.1 Å². The van der Waals surface area contributed by atoms with Gasteiger partial charge in [0.15, 0.2) is 0 Å². The first-order valence-corrected chi connectivity index (χ1v) is 9.54. The van der Waals surface area contributed by atoms with Crippen molar-refractivity contribution in [1.29, 1.82) is 5.26 Å². The van der Waals surface area contributed by atoms with Crippen LogP contribution in [0.15, 0.2) is 24.5 Å². The van der Waals surface area contributed by atoms with Crippen LogP contribution >= 0.6 is 11.8 Å². The smallest absolute Gasteiger partial charge is 0.251 e. The van der Waals surface area contributed by atoms with Gasteiger partial charge in [0.05, 0.1) is 12.6 Å². The Morgan fingerprint density at radius 1 is 1.38 bits per heavy atom. The van der Waals surface area contributed by atoms with Gasteiger partial charge in [0, 0.05) is 24.5 Å². The summed E-state index contributed by atoms with van der Waals surface area (Å²) in [6.07, 6.45) is 8.66. The van der Waals surface area contributed by atoms with Crippen molar-refractivity contribution in [1.82, 2.24) is 15.2 Å². The number of amides is 2. The quantitative estimate of drug-likeness (QED) is 0.904. The number of hydrogen-bond acceptors (Lipinski definition) is 5. The van der Waals surface area contributed by atoms with E-state index in [1.54, 1.807) is 23.9 Å². The molecule has 7 heteroatoms. The molecule has 2 amide bonds. The average molecular weight is 350 g/mol. The van der Waals surface area contributed by atoms with E-state index >= 15 is 0 Å². The van der Waals surface area contributed by atoms with E-state index in [1.807, 2.05) is 26.4 Å². The predicted molar refractivity (Wildman–Crippen MR) is 97.7 cm³/mol. The summed E-state index contributed by atoms with van der Waals surface area (Å²) in [6.45, 7) is 4.50. The monoisotopic (exact) mass is 350 g/mol. The molecule has 1 unspecified atom stereocenters. The second-order valence-corrected chi connectivity index (χ2v) is 5.52. The highest BCUT2D eigenvalue weighted by Gasteiger charge is 2.28. The number of rotatable bonds is 3. The summed E-state index contributed by atoms with van der Waals surface area (Å²) in [7, 11) is 0. The highest BCUT2D eigenvalue weighted by atomic mass is 32.2. The van der Waals surface area contributed by atoms with Crippen LogP contribution in [0.1, 0.15) is 37.0 Å². The van der Waals surface area contributed by atoms with E-state index in [4.69, 9.17) is 5.26 Å². The number of hydrogen-bond donors (Lipinski definition) is 1. The second kappa shape index (κ2) is 13.4. The molecule has 0 aliphatic carbocycles. The van der Waals surface area contributed by atoms with Crippen LogP contribution in [0.4, 0.5) is 0 Å². The van der Waals surface area contributed by atoms with Crippen molar-refractivity contribution in [2.45, 2.75) is 32.7 Å². The van der Waals surface area contributed by atoms with E-state index in [9.17, 15) is 9.59 Å². The Balaban J connectivity index is 0.000000952. The van der Waals surface area contributed by atoms with Crippen molar-refractivity contribution in [2.75, 3.05) is 25.6 Å². The second-order valence-electron chi connectivity index (χ2n) is 4.70. The molecular formula is C17H26N4O2S. The van der Waals surface area contributed by atoms with Crippen molar-refractivity contribution < 1.29 is 9.59 Å². The maximum atomic E-state index is 11.9. The van der Waals surface area contributed by atoms with Gasteiger partial charge in [0.25, 0.3) is 5.91 Å². The fourth-order valence-corrected chi connectivity index (χ4v) is 2.06. The number of aromatic nitrogens is 1. The lowest BCUT2D eigenvalue weighted by Crippen LogP contribution is -2.42. The largest absolute Gasteiger partial charge is 0.343 e. The Hall–Kier alpha value is -2.07. The Kier molecular flexibility index (Phi) is 12.2. The van der Waals surface area contributed by atoms with Gasteiger partial charge in [-0.15, -0.1) is 0 Å². The third kappa shape index (κ3) is 7.47. The zero-order valence-corrected chi connectivity index (χ0v) is 15.6. The summed E-state index contributed by atoms with van der Waals surface area (Å²) in [6, 6.07) is 4.90. The SMILES string of the molecule is CC.CSC.N#CC1CCCN1C(=O)CNC(=O)c1ccncc1. The van der Waals surface area contributed by atoms with Crippen LogP contribution in [0.2, 0.25) is 0 Å². The van der Waals surface area contributed by atoms with Gasteiger partial charge in [-0.1, -0.05) is 13.8 Å². The number of thioether (sulfide) groups is 1. The lowest BCUT2D eigenvalue weighted by Gasteiger charge is -2.19. The van der Waals surface area contributed by atoms with Gasteiger partial charge >= 0.3 is 0 Å². The van der Waals surface area contributed by atoms with E-state index in [-0.39, 0.29) is 24.4 Å². The fourth-order valence-electron chi connectivity index (χ4n) is 2.06. The minimum absolute atomic E-state index is 0.0840. The third-order valence-corrected chi connectivity index (χ3v) is 3.06. The molecular weight excluding hydrogens is 324 g/mol. The van der Waals surface area contributed by atoms with Gasteiger partial charge < -0.3 is 10.2 Å². The maximum Gasteiger partial charge on any atom is 0.251 e. The average Bonchev–Trinajstić information content (AvgIpc) is 3.11. The minimum Gasteiger partial charge on any atom is -0.343 e. The van der Waals surface area contributed by atoms with E-state index < -0.39 is 0 Å². The highest BCUT2D eigenvalue weighted by molar-refractivity contribution is 7.97. The van der Waals surface area contributed by atoms with Crippen LogP contribution in [-0.2, 0) is 4.79 Å². The summed E-state index contributed by atoms with van der Waals surface area (Å²) in [5.41, 5.74) is 0.459. The van der Waals surface area contributed by atoms with E-state index in [2.05, 4.69) is 16.4 Å². The van der Waals surface area contributed by atoms with Gasteiger partial charge in [-0.25, -0.2) is 0 Å². The van der Waals surface area contributed by atoms with Gasteiger partial charge in [-0.3, -0.25) is 14.6 Å². The number of nitrogens with zero attached hydrogens (tertiary/aromatic N) is 3. The van der Waals surface area contributed by atoms with Crippen LogP contribution in [0.25, 0.3) is 0 Å². The van der Waals surface area contributed by atoms with Gasteiger partial charge in [-0.2, -0.15) is 17.0 Å². The molecule has 1 N–H and O–H groups in total. The number of carbonyl (C=O) groups is 2. The molecule has 1 aliphatic heterocycles. The molecule has 0 bridgehead atoms. The Bertz CT molecular complexity index is 531. The summed E-state index contributed by atoms with van der Waals surface area (Å²) >= 11 is 1.75. The molecule has 0 spiro atoms. The number of likely N-dealkylation sites (tertiary alicyclic amines) is 1. The van der Waals surface area contributed by atoms with E-state index in [0.717, 1.165) is 6.42 Å². The zero-order chi connectivity index (χ0) is 18.4. The highest BCUT2D eigenvalue weighted by Crippen LogP contribution is 2.15. The third-order valence-electron chi connectivity index (χ3n) is 3.06. The number of carbonyl (C=O) groups excluding carboxylic acids is 2. The zero-order valence-electron chi connectivity index (χ0n) is 14.8. The molecule has 0 aromatic carbocycles. The summed E-state index contributed by atoms with van der Waals surface area (Å²) in [5, 5.41) is 11.5. The van der Waals surface area contributed by atoms with Crippen LogP contribution in [0.5, 0.6) is 0 Å². The van der Waals surface area contributed by atoms with Gasteiger partial charge in [0.1, 0.15) is 6.04 Å². The maximum absolute atomic E-state index is 11.9. The lowest BCUT2D eigenvalue weighted by molar-refractivity contribution is -0.130. The number of pyridine rings is 1. The summed E-state index contributed by atoms with van der Waals surface area (Å²) in [4.78, 5) is 29.0. The van der Waals surface area contributed by atoms with Crippen LogP contribution < -0.4 is 5.32 Å². The Labute approximate surface area is 148 Å². The molecule has 2 heterocycles. The molecule has 1 atom stereocenters. The first-order valence-electron chi connectivity index (χ1n) is 7.91. The van der Waals surface area contributed by atoms with E-state index in [1.165, 1.54) is 17.3 Å². The molecule has 1 saturated heterocycles. The molecule has 0 saturated carbocycles. The van der Waals surface area contributed by atoms with Crippen molar-refractivity contribution >= 4 is 23.6 Å². The summed E-state index contributed by atoms with van der Waals surface area (Å²) < 4.78 is 0. The Morgan fingerprint density at radius 3 is 2.50 bits per heavy atom. The standard InChI is InChI=1S/C13H14N4O2.C2H6S.C2H6/c14-8-11-2-1-7-17(11)12(18)9-16-13(19)10-3-5-15-6-4-10;1-3-2;1-2/h3-6,11H,1-2,7,9H2,(H,16,19);1-2H3;1-2H3. The topological polar surface area (TPSA) is 86.1 Å².